The Morgan fingerprint density at radius 3 is 2.25 bits per heavy atom. The third-order valence-corrected chi connectivity index (χ3v) is 2.38. The number of rotatable bonds is 0. The zero-order valence-electron chi connectivity index (χ0n) is 7.51. The van der Waals surface area contributed by atoms with Crippen molar-refractivity contribution in [3.8, 4) is 0 Å². The number of hydrogen-bond donors (Lipinski definition) is 0. The van der Waals surface area contributed by atoms with E-state index in [1.807, 2.05) is 0 Å². The lowest BCUT2D eigenvalue weighted by Gasteiger charge is -2.28. The summed E-state index contributed by atoms with van der Waals surface area (Å²) < 4.78 is 0. The third kappa shape index (κ3) is 1.09. The van der Waals surface area contributed by atoms with Crippen molar-refractivity contribution >= 4 is 17.3 Å². The number of carbonyl (C=O) groups excluding carboxylic acids is 3. The molecule has 0 aliphatic heterocycles. The highest BCUT2D eigenvalue weighted by atomic mass is 16.2. The number of hydrogen-bond acceptors (Lipinski definition) is 3. The lowest BCUT2D eigenvalue weighted by molar-refractivity contribution is -0.153. The highest BCUT2D eigenvalue weighted by molar-refractivity contribution is 6.45. The Balaban J connectivity index is 3.06. The minimum atomic E-state index is -1.09. The average molecular weight is 168 g/mol. The molecule has 0 aromatic carbocycles. The molecule has 1 aliphatic carbocycles. The van der Waals surface area contributed by atoms with Gasteiger partial charge in [0.05, 0.1) is 5.41 Å². The van der Waals surface area contributed by atoms with Gasteiger partial charge in [-0.05, 0) is 13.8 Å². The minimum absolute atomic E-state index is 0.0844. The van der Waals surface area contributed by atoms with Gasteiger partial charge in [-0.2, -0.15) is 0 Å². The Morgan fingerprint density at radius 1 is 1.25 bits per heavy atom. The molecule has 0 heterocycles. The molecule has 1 atom stereocenters. The quantitative estimate of drug-likeness (QED) is 0.396. The summed E-state index contributed by atoms with van der Waals surface area (Å²) in [5.41, 5.74) is -1.09. The maximum atomic E-state index is 11.4. The Kier molecular flexibility index (Phi) is 1.90. The van der Waals surface area contributed by atoms with Crippen LogP contribution in [0.1, 0.15) is 27.2 Å². The summed E-state index contributed by atoms with van der Waals surface area (Å²) in [7, 11) is 0. The van der Waals surface area contributed by atoms with Crippen LogP contribution in [0.5, 0.6) is 0 Å². The molecule has 0 saturated heterocycles. The first-order valence-electron chi connectivity index (χ1n) is 3.99. The van der Waals surface area contributed by atoms with Crippen molar-refractivity contribution in [3.05, 3.63) is 0 Å². The van der Waals surface area contributed by atoms with Gasteiger partial charge in [-0.1, -0.05) is 6.92 Å². The smallest absolute Gasteiger partial charge is 0.211 e. The molecular weight excluding hydrogens is 156 g/mol. The second-order valence-corrected chi connectivity index (χ2v) is 3.85. The van der Waals surface area contributed by atoms with E-state index < -0.39 is 17.0 Å². The molecular formula is C9H12O3. The largest absolute Gasteiger partial charge is 0.298 e. The van der Waals surface area contributed by atoms with Crippen molar-refractivity contribution in [1.29, 1.82) is 0 Å². The molecule has 0 bridgehead atoms. The van der Waals surface area contributed by atoms with Crippen molar-refractivity contribution in [2.24, 2.45) is 11.3 Å². The summed E-state index contributed by atoms with van der Waals surface area (Å²) in [6.07, 6.45) is 0.0844. The van der Waals surface area contributed by atoms with Crippen LogP contribution in [0.2, 0.25) is 0 Å². The van der Waals surface area contributed by atoms with E-state index in [4.69, 9.17) is 0 Å². The highest BCUT2D eigenvalue weighted by Crippen LogP contribution is 2.30. The van der Waals surface area contributed by atoms with E-state index in [-0.39, 0.29) is 18.1 Å². The predicted octanol–water partition coefficient (Wildman–Crippen LogP) is 0.760. The summed E-state index contributed by atoms with van der Waals surface area (Å²) in [6.45, 7) is 4.73. The monoisotopic (exact) mass is 168 g/mol. The first-order chi connectivity index (χ1) is 5.37. The molecule has 66 valence electrons. The molecule has 0 aromatic heterocycles. The maximum absolute atomic E-state index is 11.4. The van der Waals surface area contributed by atoms with Gasteiger partial charge in [-0.15, -0.1) is 0 Å². The molecule has 1 saturated carbocycles. The van der Waals surface area contributed by atoms with Crippen LogP contribution < -0.4 is 0 Å². The Morgan fingerprint density at radius 2 is 1.75 bits per heavy atom. The van der Waals surface area contributed by atoms with E-state index in [0.29, 0.717) is 0 Å². The number of carbonyl (C=O) groups is 3. The first kappa shape index (κ1) is 9.10. The third-order valence-electron chi connectivity index (χ3n) is 2.38. The van der Waals surface area contributed by atoms with Crippen LogP contribution in [0.15, 0.2) is 0 Å². The fourth-order valence-corrected chi connectivity index (χ4v) is 1.54. The van der Waals surface area contributed by atoms with E-state index in [1.54, 1.807) is 6.92 Å². The standard InChI is InChI=1S/C9H12O3/c1-5-4-6(10)8(12)9(2,3)7(5)11/h5H,4H2,1-3H3. The Hall–Kier alpha value is -0.990. The summed E-state index contributed by atoms with van der Waals surface area (Å²) in [5.74, 6) is -1.37. The van der Waals surface area contributed by atoms with Crippen LogP contribution >= 0.6 is 0 Å². The van der Waals surface area contributed by atoms with Crippen molar-refractivity contribution in [2.75, 3.05) is 0 Å². The van der Waals surface area contributed by atoms with E-state index in [2.05, 4.69) is 0 Å². The minimum Gasteiger partial charge on any atom is -0.298 e. The molecule has 0 radical (unpaired) electrons. The number of ketones is 3. The Bertz CT molecular complexity index is 263. The molecule has 0 spiro atoms. The molecule has 0 amide bonds. The van der Waals surface area contributed by atoms with Gasteiger partial charge in [0.2, 0.25) is 5.78 Å². The molecule has 1 fully saturated rings. The van der Waals surface area contributed by atoms with Crippen LogP contribution in [0.3, 0.4) is 0 Å². The van der Waals surface area contributed by atoms with Gasteiger partial charge in [-0.25, -0.2) is 0 Å². The van der Waals surface area contributed by atoms with Gasteiger partial charge in [0, 0.05) is 12.3 Å². The normalized spacial score (nSPS) is 29.2. The van der Waals surface area contributed by atoms with E-state index in [9.17, 15) is 14.4 Å². The van der Waals surface area contributed by atoms with Gasteiger partial charge < -0.3 is 0 Å². The summed E-state index contributed by atoms with van der Waals surface area (Å²) in [6, 6.07) is 0. The van der Waals surface area contributed by atoms with Gasteiger partial charge in [0.1, 0.15) is 5.78 Å². The van der Waals surface area contributed by atoms with Crippen molar-refractivity contribution in [1.82, 2.24) is 0 Å². The maximum Gasteiger partial charge on any atom is 0.211 e. The summed E-state index contributed by atoms with van der Waals surface area (Å²) in [4.78, 5) is 33.7. The lowest BCUT2D eigenvalue weighted by Crippen LogP contribution is -2.46. The molecule has 1 rings (SSSR count). The second kappa shape index (κ2) is 2.51. The molecule has 12 heavy (non-hydrogen) atoms. The number of Topliss-reactive ketones (excluding diaryl/α,β-unsaturated/α-hetero) is 3. The molecule has 1 aliphatic rings. The van der Waals surface area contributed by atoms with Crippen LogP contribution in [-0.2, 0) is 14.4 Å². The topological polar surface area (TPSA) is 51.2 Å². The second-order valence-electron chi connectivity index (χ2n) is 3.85. The van der Waals surface area contributed by atoms with Crippen molar-refractivity contribution in [2.45, 2.75) is 27.2 Å². The zero-order chi connectivity index (χ0) is 9.52. The first-order valence-corrected chi connectivity index (χ1v) is 3.99. The van der Waals surface area contributed by atoms with Crippen LogP contribution in [-0.4, -0.2) is 17.3 Å². The SMILES string of the molecule is CC1CC(=O)C(=O)C(C)(C)C1=O. The fraction of sp³-hybridized carbons (Fsp3) is 0.667. The van der Waals surface area contributed by atoms with E-state index in [1.165, 1.54) is 13.8 Å². The van der Waals surface area contributed by atoms with Crippen molar-refractivity contribution in [3.63, 3.8) is 0 Å². The molecule has 3 nitrogen and oxygen atoms in total. The van der Waals surface area contributed by atoms with Gasteiger partial charge in [-0.3, -0.25) is 14.4 Å². The Labute approximate surface area is 71.1 Å². The van der Waals surface area contributed by atoms with Gasteiger partial charge in [0.25, 0.3) is 0 Å². The molecule has 0 aromatic rings. The highest BCUT2D eigenvalue weighted by Gasteiger charge is 2.46. The fourth-order valence-electron chi connectivity index (χ4n) is 1.54. The summed E-state index contributed by atoms with van der Waals surface area (Å²) >= 11 is 0. The molecule has 3 heteroatoms. The van der Waals surface area contributed by atoms with E-state index in [0.717, 1.165) is 0 Å². The zero-order valence-corrected chi connectivity index (χ0v) is 7.51. The van der Waals surface area contributed by atoms with Crippen LogP contribution in [0.25, 0.3) is 0 Å². The van der Waals surface area contributed by atoms with Gasteiger partial charge in [0.15, 0.2) is 5.78 Å². The lowest BCUT2D eigenvalue weighted by atomic mass is 9.70. The molecule has 1 unspecified atom stereocenters. The predicted molar refractivity (Wildman–Crippen MR) is 42.6 cm³/mol. The van der Waals surface area contributed by atoms with Crippen LogP contribution in [0.4, 0.5) is 0 Å². The van der Waals surface area contributed by atoms with Crippen molar-refractivity contribution < 1.29 is 14.4 Å². The summed E-state index contributed by atoms with van der Waals surface area (Å²) in [5, 5.41) is 0. The average Bonchev–Trinajstić information content (AvgIpc) is 1.99. The molecule has 0 N–H and O–H groups in total. The van der Waals surface area contributed by atoms with E-state index >= 15 is 0 Å². The van der Waals surface area contributed by atoms with Crippen LogP contribution in [0, 0.1) is 11.3 Å². The van der Waals surface area contributed by atoms with Gasteiger partial charge >= 0.3 is 0 Å².